The number of methoxy groups -OCH3 is 2. The summed E-state index contributed by atoms with van der Waals surface area (Å²) in [4.78, 5) is 4.48. The molecule has 0 amide bonds. The van der Waals surface area contributed by atoms with Gasteiger partial charge in [0.15, 0.2) is 6.10 Å². The molecule has 6 rings (SSSR count). The van der Waals surface area contributed by atoms with E-state index in [0.29, 0.717) is 5.95 Å². The lowest BCUT2D eigenvalue weighted by Gasteiger charge is -2.39. The van der Waals surface area contributed by atoms with Crippen LogP contribution in [-0.4, -0.2) is 29.0 Å². The predicted octanol–water partition coefficient (Wildman–Crippen LogP) is 4.86. The lowest BCUT2D eigenvalue weighted by atomic mass is 9.84. The van der Waals surface area contributed by atoms with Crippen molar-refractivity contribution in [2.75, 3.05) is 19.5 Å². The molecule has 0 saturated heterocycles. The number of nitrogens with zero attached hydrogens (tertiary/aromatic N) is 3. The number of rotatable bonds is 4. The standard InChI is InChI=1S/C26H22N4O3/c1-31-17-9-7-8-16(14-17)24-22-23(29-26-27-15-28-30(24)26)18-10-3-6-13-21(18)33-25(22)19-11-4-5-12-20(19)32-2/h3-15,24-25H,1-2H3,(H,27,28,29)/t24-,25-/m1/s1. The molecule has 3 heterocycles. The van der Waals surface area contributed by atoms with Gasteiger partial charge in [-0.05, 0) is 35.9 Å². The molecule has 33 heavy (non-hydrogen) atoms. The van der Waals surface area contributed by atoms with E-state index in [2.05, 4.69) is 27.5 Å². The van der Waals surface area contributed by atoms with Crippen molar-refractivity contribution < 1.29 is 14.2 Å². The van der Waals surface area contributed by atoms with E-state index in [9.17, 15) is 0 Å². The summed E-state index contributed by atoms with van der Waals surface area (Å²) in [6, 6.07) is 23.8. The Morgan fingerprint density at radius 3 is 2.67 bits per heavy atom. The Balaban J connectivity index is 1.64. The fraction of sp³-hybridized carbons (Fsp3) is 0.154. The molecule has 3 aromatic carbocycles. The van der Waals surface area contributed by atoms with Crippen LogP contribution in [0.5, 0.6) is 17.2 Å². The third kappa shape index (κ3) is 3.04. The van der Waals surface area contributed by atoms with E-state index in [1.807, 2.05) is 65.3 Å². The largest absolute Gasteiger partial charge is 0.497 e. The van der Waals surface area contributed by atoms with Crippen LogP contribution in [0.2, 0.25) is 0 Å². The van der Waals surface area contributed by atoms with E-state index in [1.54, 1.807) is 20.5 Å². The van der Waals surface area contributed by atoms with Crippen LogP contribution in [-0.2, 0) is 0 Å². The molecular formula is C26H22N4O3. The number of para-hydroxylation sites is 2. The van der Waals surface area contributed by atoms with E-state index in [4.69, 9.17) is 14.2 Å². The summed E-state index contributed by atoms with van der Waals surface area (Å²) in [7, 11) is 3.35. The third-order valence-electron chi connectivity index (χ3n) is 6.15. The topological polar surface area (TPSA) is 70.4 Å². The number of aromatic nitrogens is 3. The van der Waals surface area contributed by atoms with E-state index >= 15 is 0 Å². The summed E-state index contributed by atoms with van der Waals surface area (Å²) in [5.74, 6) is 3.03. The van der Waals surface area contributed by atoms with Gasteiger partial charge in [-0.2, -0.15) is 10.1 Å². The first-order valence-electron chi connectivity index (χ1n) is 10.7. The number of hydrogen-bond donors (Lipinski definition) is 1. The Kier molecular flexibility index (Phi) is 4.54. The van der Waals surface area contributed by atoms with Crippen molar-refractivity contribution in [3.8, 4) is 17.2 Å². The Bertz CT molecular complexity index is 1380. The fourth-order valence-corrected chi connectivity index (χ4v) is 4.69. The molecule has 7 heteroatoms. The molecule has 0 fully saturated rings. The van der Waals surface area contributed by atoms with E-state index in [-0.39, 0.29) is 6.04 Å². The minimum absolute atomic E-state index is 0.253. The van der Waals surface area contributed by atoms with Gasteiger partial charge in [-0.25, -0.2) is 4.68 Å². The summed E-state index contributed by atoms with van der Waals surface area (Å²) in [6.45, 7) is 0. The van der Waals surface area contributed by atoms with Gasteiger partial charge in [-0.15, -0.1) is 0 Å². The van der Waals surface area contributed by atoms with Crippen molar-refractivity contribution in [3.05, 3.63) is 101 Å². The van der Waals surface area contributed by atoms with Gasteiger partial charge in [0.1, 0.15) is 29.6 Å². The zero-order valence-electron chi connectivity index (χ0n) is 18.2. The van der Waals surface area contributed by atoms with Gasteiger partial charge in [0, 0.05) is 16.7 Å². The van der Waals surface area contributed by atoms with Crippen LogP contribution in [0.1, 0.15) is 28.8 Å². The molecule has 2 atom stereocenters. The smallest absolute Gasteiger partial charge is 0.226 e. The molecule has 0 bridgehead atoms. The molecule has 1 aromatic heterocycles. The van der Waals surface area contributed by atoms with Gasteiger partial charge < -0.3 is 19.5 Å². The summed E-state index contributed by atoms with van der Waals surface area (Å²) in [5.41, 5.74) is 4.96. The highest BCUT2D eigenvalue weighted by atomic mass is 16.5. The number of ether oxygens (including phenoxy) is 3. The first-order valence-corrected chi connectivity index (χ1v) is 10.7. The molecule has 1 N–H and O–H groups in total. The SMILES string of the molecule is COc1cccc([C@@H]2C3=C(Nc4ncnn42)c2ccccc2O[C@@H]3c2ccccc2OC)c1. The third-order valence-corrected chi connectivity index (χ3v) is 6.15. The van der Waals surface area contributed by atoms with Gasteiger partial charge in [-0.1, -0.05) is 42.5 Å². The molecule has 0 radical (unpaired) electrons. The van der Waals surface area contributed by atoms with Crippen LogP contribution in [0, 0.1) is 0 Å². The minimum Gasteiger partial charge on any atom is -0.497 e. The van der Waals surface area contributed by atoms with Crippen LogP contribution in [0.4, 0.5) is 5.95 Å². The highest BCUT2D eigenvalue weighted by Gasteiger charge is 2.41. The number of nitrogens with one attached hydrogen (secondary N) is 1. The molecule has 164 valence electrons. The highest BCUT2D eigenvalue weighted by molar-refractivity contribution is 5.85. The summed E-state index contributed by atoms with van der Waals surface area (Å²) in [6.07, 6.45) is 1.17. The average molecular weight is 438 g/mol. The monoisotopic (exact) mass is 438 g/mol. The van der Waals surface area contributed by atoms with Crippen molar-refractivity contribution in [2.24, 2.45) is 0 Å². The van der Waals surface area contributed by atoms with E-state index in [0.717, 1.165) is 45.2 Å². The van der Waals surface area contributed by atoms with E-state index in [1.165, 1.54) is 0 Å². The normalized spacial score (nSPS) is 18.4. The van der Waals surface area contributed by atoms with Crippen LogP contribution >= 0.6 is 0 Å². The summed E-state index contributed by atoms with van der Waals surface area (Å²) < 4.78 is 19.8. The lowest BCUT2D eigenvalue weighted by molar-refractivity contribution is 0.217. The van der Waals surface area contributed by atoms with Crippen molar-refractivity contribution in [2.45, 2.75) is 12.1 Å². The van der Waals surface area contributed by atoms with Crippen molar-refractivity contribution >= 4 is 11.6 Å². The zero-order chi connectivity index (χ0) is 22.4. The summed E-state index contributed by atoms with van der Waals surface area (Å²) in [5, 5.41) is 8.09. The predicted molar refractivity (Wildman–Crippen MR) is 125 cm³/mol. The van der Waals surface area contributed by atoms with Crippen LogP contribution in [0.15, 0.2) is 84.7 Å². The molecule has 2 aliphatic heterocycles. The van der Waals surface area contributed by atoms with Gasteiger partial charge in [0.05, 0.1) is 19.9 Å². The quantitative estimate of drug-likeness (QED) is 0.491. The Hall–Kier alpha value is -4.26. The number of fused-ring (bicyclic) bond motifs is 3. The first kappa shape index (κ1) is 19.4. The van der Waals surface area contributed by atoms with Gasteiger partial charge in [0.2, 0.25) is 5.95 Å². The molecule has 7 nitrogen and oxygen atoms in total. The fourth-order valence-electron chi connectivity index (χ4n) is 4.69. The number of hydrogen-bond acceptors (Lipinski definition) is 6. The first-order chi connectivity index (χ1) is 16.3. The van der Waals surface area contributed by atoms with Gasteiger partial charge in [-0.3, -0.25) is 0 Å². The Labute approximate surface area is 191 Å². The molecule has 0 aliphatic carbocycles. The zero-order valence-corrected chi connectivity index (χ0v) is 18.2. The lowest BCUT2D eigenvalue weighted by Crippen LogP contribution is -2.32. The van der Waals surface area contributed by atoms with Crippen LogP contribution in [0.25, 0.3) is 5.70 Å². The van der Waals surface area contributed by atoms with E-state index < -0.39 is 6.10 Å². The summed E-state index contributed by atoms with van der Waals surface area (Å²) >= 11 is 0. The highest BCUT2D eigenvalue weighted by Crippen LogP contribution is 2.51. The maximum Gasteiger partial charge on any atom is 0.226 e. The number of benzene rings is 3. The molecule has 2 aliphatic rings. The van der Waals surface area contributed by atoms with Gasteiger partial charge in [0.25, 0.3) is 0 Å². The van der Waals surface area contributed by atoms with Crippen LogP contribution < -0.4 is 19.5 Å². The molecular weight excluding hydrogens is 416 g/mol. The van der Waals surface area contributed by atoms with Crippen LogP contribution in [0.3, 0.4) is 0 Å². The Morgan fingerprint density at radius 1 is 0.939 bits per heavy atom. The molecule has 0 spiro atoms. The number of anilines is 1. The minimum atomic E-state index is -0.396. The molecule has 4 aromatic rings. The average Bonchev–Trinajstić information content (AvgIpc) is 3.35. The second-order valence-corrected chi connectivity index (χ2v) is 7.90. The van der Waals surface area contributed by atoms with Crippen molar-refractivity contribution in [1.29, 1.82) is 0 Å². The molecule has 0 saturated carbocycles. The maximum absolute atomic E-state index is 6.66. The maximum atomic E-state index is 6.66. The Morgan fingerprint density at radius 2 is 1.79 bits per heavy atom. The van der Waals surface area contributed by atoms with Crippen molar-refractivity contribution in [1.82, 2.24) is 14.8 Å². The van der Waals surface area contributed by atoms with Crippen molar-refractivity contribution in [3.63, 3.8) is 0 Å². The second kappa shape index (κ2) is 7.70. The van der Waals surface area contributed by atoms with Gasteiger partial charge >= 0.3 is 0 Å². The molecule has 0 unspecified atom stereocenters. The second-order valence-electron chi connectivity index (χ2n) is 7.90.